The van der Waals surface area contributed by atoms with Crippen molar-refractivity contribution in [3.8, 4) is 0 Å². The second-order valence-electron chi connectivity index (χ2n) is 6.72. The quantitative estimate of drug-likeness (QED) is 0.418. The van der Waals surface area contributed by atoms with E-state index in [1.807, 2.05) is 0 Å². The highest BCUT2D eigenvalue weighted by Crippen LogP contribution is 2.35. The Labute approximate surface area is 204 Å². The number of thiazole rings is 1. The van der Waals surface area contributed by atoms with Crippen molar-refractivity contribution in [3.05, 3.63) is 61.7 Å². The Morgan fingerprint density at radius 2 is 1.88 bits per heavy atom. The monoisotopic (exact) mass is 534 g/mol. The average Bonchev–Trinajstić information content (AvgIpc) is 3.26. The van der Waals surface area contributed by atoms with Gasteiger partial charge >= 0.3 is 6.18 Å². The number of aliphatic hydroxyl groups excluding tert-OH is 1. The smallest absolute Gasteiger partial charge is 0.396 e. The molecule has 0 spiro atoms. The molecule has 180 valence electrons. The van der Waals surface area contributed by atoms with Crippen LogP contribution in [0.2, 0.25) is 10.0 Å². The van der Waals surface area contributed by atoms with Crippen LogP contribution in [0.4, 0.5) is 19.0 Å². The summed E-state index contributed by atoms with van der Waals surface area (Å²) in [6.07, 6.45) is -1.40. The van der Waals surface area contributed by atoms with Crippen LogP contribution in [0.25, 0.3) is 0 Å². The molecule has 2 amide bonds. The zero-order valence-corrected chi connectivity index (χ0v) is 19.5. The van der Waals surface area contributed by atoms with Gasteiger partial charge < -0.3 is 15.7 Å². The Balaban J connectivity index is 1.70. The summed E-state index contributed by atoms with van der Waals surface area (Å²) in [7, 11) is 0. The van der Waals surface area contributed by atoms with Crippen molar-refractivity contribution >= 4 is 52.2 Å². The minimum atomic E-state index is -4.71. The maximum absolute atomic E-state index is 13.0. The molecule has 34 heavy (non-hydrogen) atoms. The highest BCUT2D eigenvalue weighted by molar-refractivity contribution is 7.13. The largest absolute Gasteiger partial charge is 0.418 e. The number of halogens is 5. The number of nitrogens with zero attached hydrogens (tertiary/aromatic N) is 4. The van der Waals surface area contributed by atoms with Crippen LogP contribution in [0.3, 0.4) is 0 Å². The number of alkyl halides is 3. The summed E-state index contributed by atoms with van der Waals surface area (Å²) in [5.41, 5.74) is -0.906. The first kappa shape index (κ1) is 25.7. The van der Waals surface area contributed by atoms with Crippen LogP contribution in [0.1, 0.15) is 49.4 Å². The maximum atomic E-state index is 13.0. The van der Waals surface area contributed by atoms with Crippen molar-refractivity contribution in [1.29, 1.82) is 0 Å². The SMILES string of the molecule is CC(NC(=O)c1ncnc(CCO)c1Cl)c1ncc(C(=O)Nc2cc(C(F)(F)F)c(Cl)cn2)s1. The van der Waals surface area contributed by atoms with Crippen LogP contribution in [0, 0.1) is 0 Å². The molecule has 0 saturated carbocycles. The highest BCUT2D eigenvalue weighted by atomic mass is 35.5. The first-order valence-corrected chi connectivity index (χ1v) is 11.0. The van der Waals surface area contributed by atoms with Gasteiger partial charge in [-0.3, -0.25) is 9.59 Å². The van der Waals surface area contributed by atoms with E-state index in [4.69, 9.17) is 28.3 Å². The predicted molar refractivity (Wildman–Crippen MR) is 118 cm³/mol. The van der Waals surface area contributed by atoms with Crippen LogP contribution in [-0.4, -0.2) is 43.5 Å². The second kappa shape index (κ2) is 10.6. The van der Waals surface area contributed by atoms with E-state index in [-0.39, 0.29) is 34.4 Å². The van der Waals surface area contributed by atoms with Crippen molar-refractivity contribution in [1.82, 2.24) is 25.3 Å². The molecular weight excluding hydrogens is 520 g/mol. The van der Waals surface area contributed by atoms with Gasteiger partial charge in [-0.15, -0.1) is 11.3 Å². The molecule has 3 aromatic rings. The molecule has 15 heteroatoms. The fourth-order valence-corrected chi connectivity index (χ4v) is 3.97. The third-order valence-corrected chi connectivity index (χ3v) is 6.17. The molecule has 3 heterocycles. The Kier molecular flexibility index (Phi) is 8.02. The molecule has 0 aliphatic heterocycles. The molecule has 0 aromatic carbocycles. The molecule has 1 unspecified atom stereocenters. The number of pyridine rings is 1. The number of aromatic nitrogens is 4. The summed E-state index contributed by atoms with van der Waals surface area (Å²) in [5.74, 6) is -1.70. The fraction of sp³-hybridized carbons (Fsp3) is 0.263. The summed E-state index contributed by atoms with van der Waals surface area (Å²) < 4.78 is 39.0. The van der Waals surface area contributed by atoms with Crippen molar-refractivity contribution in [2.24, 2.45) is 0 Å². The van der Waals surface area contributed by atoms with Crippen LogP contribution in [0.15, 0.2) is 24.8 Å². The number of nitrogens with one attached hydrogen (secondary N) is 2. The van der Waals surface area contributed by atoms with Gasteiger partial charge in [-0.25, -0.2) is 19.9 Å². The van der Waals surface area contributed by atoms with E-state index in [2.05, 4.69) is 30.6 Å². The number of rotatable bonds is 7. The van der Waals surface area contributed by atoms with Crippen molar-refractivity contribution in [2.75, 3.05) is 11.9 Å². The second-order valence-corrected chi connectivity index (χ2v) is 8.56. The van der Waals surface area contributed by atoms with Crippen molar-refractivity contribution in [3.63, 3.8) is 0 Å². The van der Waals surface area contributed by atoms with Crippen molar-refractivity contribution in [2.45, 2.75) is 25.6 Å². The number of anilines is 1. The van der Waals surface area contributed by atoms with E-state index in [0.29, 0.717) is 16.8 Å². The molecule has 3 aromatic heterocycles. The highest BCUT2D eigenvalue weighted by Gasteiger charge is 2.34. The van der Waals surface area contributed by atoms with E-state index >= 15 is 0 Å². The Hall–Kier alpha value is -2.87. The van der Waals surface area contributed by atoms with Gasteiger partial charge in [0, 0.05) is 19.2 Å². The van der Waals surface area contributed by atoms with Crippen LogP contribution >= 0.6 is 34.5 Å². The van der Waals surface area contributed by atoms with Gasteiger partial charge in [0.05, 0.1) is 33.5 Å². The topological polar surface area (TPSA) is 130 Å². The van der Waals surface area contributed by atoms with Gasteiger partial charge in [-0.1, -0.05) is 23.2 Å². The normalized spacial score (nSPS) is 12.3. The van der Waals surface area contributed by atoms with Gasteiger partial charge in [0.15, 0.2) is 0 Å². The lowest BCUT2D eigenvalue weighted by Gasteiger charge is -2.12. The minimum absolute atomic E-state index is 0.00847. The van der Waals surface area contributed by atoms with Crippen LogP contribution < -0.4 is 10.6 Å². The molecule has 9 nitrogen and oxygen atoms in total. The Morgan fingerprint density at radius 3 is 2.56 bits per heavy atom. The molecule has 0 fully saturated rings. The van der Waals surface area contributed by atoms with Gasteiger partial charge in [0.2, 0.25) is 0 Å². The van der Waals surface area contributed by atoms with Gasteiger partial charge in [0.1, 0.15) is 27.7 Å². The lowest BCUT2D eigenvalue weighted by Crippen LogP contribution is -2.28. The minimum Gasteiger partial charge on any atom is -0.396 e. The molecule has 0 radical (unpaired) electrons. The van der Waals surface area contributed by atoms with E-state index in [1.54, 1.807) is 6.92 Å². The van der Waals surface area contributed by atoms with Crippen molar-refractivity contribution < 1.29 is 27.9 Å². The predicted octanol–water partition coefficient (Wildman–Crippen LogP) is 3.93. The zero-order chi connectivity index (χ0) is 25.0. The lowest BCUT2D eigenvalue weighted by molar-refractivity contribution is -0.137. The lowest BCUT2D eigenvalue weighted by atomic mass is 10.2. The van der Waals surface area contributed by atoms with Crippen LogP contribution in [0.5, 0.6) is 0 Å². The van der Waals surface area contributed by atoms with Gasteiger partial charge in [-0.2, -0.15) is 13.2 Å². The van der Waals surface area contributed by atoms with Crippen LogP contribution in [-0.2, 0) is 12.6 Å². The number of carbonyl (C=O) groups excluding carboxylic acids is 2. The van der Waals surface area contributed by atoms with E-state index in [9.17, 15) is 22.8 Å². The molecular formula is C19H15Cl2F3N6O3S. The number of hydrogen-bond acceptors (Lipinski definition) is 8. The third kappa shape index (κ3) is 5.97. The van der Waals surface area contributed by atoms with Gasteiger partial charge in [0.25, 0.3) is 11.8 Å². The standard InChI is InChI=1S/C19H15Cl2F3N6O3S/c1-8(29-17(33)15-14(21)11(2-3-31)27-7-28-15)18-26-6-12(34-18)16(32)30-13-4-9(19(22,23)24)10(20)5-25-13/h4-8,31H,2-3H2,1H3,(H,29,33)(H,25,30,32). The summed E-state index contributed by atoms with van der Waals surface area (Å²) >= 11 is 12.6. The average molecular weight is 535 g/mol. The fourth-order valence-electron chi connectivity index (χ4n) is 2.67. The number of hydrogen-bond donors (Lipinski definition) is 3. The number of amides is 2. The molecule has 1 atom stereocenters. The summed E-state index contributed by atoms with van der Waals surface area (Å²) in [6.45, 7) is 1.40. The molecule has 0 aliphatic carbocycles. The van der Waals surface area contributed by atoms with E-state index in [0.717, 1.165) is 23.9 Å². The summed E-state index contributed by atoms with van der Waals surface area (Å²) in [5, 5.41) is 13.7. The first-order chi connectivity index (χ1) is 16.0. The number of aliphatic hydroxyl groups is 1. The molecule has 0 aliphatic rings. The molecule has 0 saturated heterocycles. The third-order valence-electron chi connectivity index (χ3n) is 4.29. The van der Waals surface area contributed by atoms with Gasteiger partial charge in [-0.05, 0) is 13.0 Å². The number of carbonyl (C=O) groups is 2. The van der Waals surface area contributed by atoms with E-state index < -0.39 is 34.6 Å². The zero-order valence-electron chi connectivity index (χ0n) is 17.2. The Bertz CT molecular complexity index is 1220. The Morgan fingerprint density at radius 1 is 1.15 bits per heavy atom. The van der Waals surface area contributed by atoms with E-state index in [1.165, 1.54) is 6.20 Å². The summed E-state index contributed by atoms with van der Waals surface area (Å²) in [6, 6.07) is -0.0292. The molecule has 0 bridgehead atoms. The molecule has 3 rings (SSSR count). The maximum Gasteiger partial charge on any atom is 0.418 e. The summed E-state index contributed by atoms with van der Waals surface area (Å²) in [4.78, 5) is 40.6. The molecule has 3 N–H and O–H groups in total. The first-order valence-electron chi connectivity index (χ1n) is 9.42.